The molecule has 0 heterocycles. The fraction of sp³-hybridized carbons (Fsp3) is 0.917. The van der Waals surface area contributed by atoms with Gasteiger partial charge in [-0.2, -0.15) is 0 Å². The lowest BCUT2D eigenvalue weighted by Crippen LogP contribution is -2.46. The summed E-state index contributed by atoms with van der Waals surface area (Å²) in [5.74, 6) is 4.10. The highest BCUT2D eigenvalue weighted by atomic mass is 16.4. The maximum absolute atomic E-state index is 10.9. The van der Waals surface area contributed by atoms with Crippen molar-refractivity contribution < 1.29 is 19.8 Å². The molecule has 0 aromatic rings. The summed E-state index contributed by atoms with van der Waals surface area (Å²) in [5, 5.41) is 17.9. The molecule has 8 aliphatic carbocycles. The van der Waals surface area contributed by atoms with Crippen LogP contribution in [0, 0.1) is 46.3 Å². The number of carboxylic acid groups (broad SMARTS) is 2. The van der Waals surface area contributed by atoms with Crippen molar-refractivity contribution >= 4 is 11.9 Å². The van der Waals surface area contributed by atoms with Crippen LogP contribution in [0.3, 0.4) is 0 Å². The van der Waals surface area contributed by atoms with Gasteiger partial charge in [0.1, 0.15) is 0 Å². The zero-order valence-corrected chi connectivity index (χ0v) is 17.1. The summed E-state index contributed by atoms with van der Waals surface area (Å²) in [5.41, 5.74) is 0.446. The number of aliphatic carboxylic acids is 2. The molecule has 2 N–H and O–H groups in total. The van der Waals surface area contributed by atoms with Gasteiger partial charge in [-0.15, -0.1) is 0 Å². The van der Waals surface area contributed by atoms with Gasteiger partial charge in [-0.05, 0) is 123 Å². The van der Waals surface area contributed by atoms with Crippen LogP contribution in [0.15, 0.2) is 0 Å². The first kappa shape index (κ1) is 18.9. The van der Waals surface area contributed by atoms with E-state index in [0.717, 1.165) is 35.5 Å². The molecule has 28 heavy (non-hydrogen) atoms. The van der Waals surface area contributed by atoms with Crippen molar-refractivity contribution in [2.45, 2.75) is 89.9 Å². The van der Waals surface area contributed by atoms with Crippen LogP contribution in [0.5, 0.6) is 0 Å². The molecule has 8 fully saturated rings. The van der Waals surface area contributed by atoms with Gasteiger partial charge in [-0.25, -0.2) is 0 Å². The maximum Gasteiger partial charge on any atom is 0.303 e. The highest BCUT2D eigenvalue weighted by Crippen LogP contribution is 2.62. The minimum Gasteiger partial charge on any atom is -0.481 e. The fourth-order valence-electron chi connectivity index (χ4n) is 9.65. The van der Waals surface area contributed by atoms with Crippen LogP contribution in [0.1, 0.15) is 89.9 Å². The molecule has 8 aliphatic rings. The maximum atomic E-state index is 10.9. The Kier molecular flexibility index (Phi) is 4.56. The standard InChI is InChI=1S/2C12H18O2/c2*13-11(14)7-12-4-8-1-9(5-12)3-10(2-8)6-12/h2*8-10H,1-7H2,(H,13,14). The van der Waals surface area contributed by atoms with Gasteiger partial charge >= 0.3 is 11.9 Å². The zero-order chi connectivity index (χ0) is 19.5. The molecular formula is C24H36O4. The smallest absolute Gasteiger partial charge is 0.303 e. The second-order valence-corrected chi connectivity index (χ2v) is 12.0. The molecule has 0 aromatic carbocycles. The van der Waals surface area contributed by atoms with Crippen molar-refractivity contribution in [3.8, 4) is 0 Å². The van der Waals surface area contributed by atoms with Crippen LogP contribution < -0.4 is 0 Å². The van der Waals surface area contributed by atoms with Crippen LogP contribution in [0.4, 0.5) is 0 Å². The lowest BCUT2D eigenvalue weighted by Gasteiger charge is -2.56. The van der Waals surface area contributed by atoms with Gasteiger partial charge in [0, 0.05) is 0 Å². The lowest BCUT2D eigenvalue weighted by molar-refractivity contribution is -0.146. The van der Waals surface area contributed by atoms with Crippen LogP contribution in [-0.4, -0.2) is 22.2 Å². The van der Waals surface area contributed by atoms with Gasteiger partial charge < -0.3 is 10.2 Å². The Morgan fingerprint density at radius 1 is 0.536 bits per heavy atom. The summed E-state index contributed by atoms with van der Waals surface area (Å²) < 4.78 is 0. The van der Waals surface area contributed by atoms with E-state index in [-0.39, 0.29) is 10.8 Å². The van der Waals surface area contributed by atoms with E-state index in [1.807, 2.05) is 0 Å². The molecule has 0 aromatic heterocycles. The molecule has 8 rings (SSSR count). The van der Waals surface area contributed by atoms with Gasteiger partial charge in [-0.1, -0.05) is 0 Å². The molecule has 0 unspecified atom stereocenters. The molecule has 0 amide bonds. The minimum atomic E-state index is -0.577. The first-order valence-corrected chi connectivity index (χ1v) is 11.7. The summed E-state index contributed by atoms with van der Waals surface area (Å²) in [4.78, 5) is 21.8. The van der Waals surface area contributed by atoms with Gasteiger partial charge in [0.25, 0.3) is 0 Å². The molecule has 0 atom stereocenters. The number of carboxylic acids is 2. The summed E-state index contributed by atoms with van der Waals surface area (Å²) >= 11 is 0. The van der Waals surface area contributed by atoms with Crippen molar-refractivity contribution in [2.24, 2.45) is 46.3 Å². The van der Waals surface area contributed by atoms with Crippen LogP contribution in [-0.2, 0) is 9.59 Å². The first-order valence-electron chi connectivity index (χ1n) is 11.7. The van der Waals surface area contributed by atoms with Gasteiger partial charge in [0.15, 0.2) is 0 Å². The highest BCUT2D eigenvalue weighted by molar-refractivity contribution is 5.68. The normalized spacial score (nSPS) is 49.6. The minimum absolute atomic E-state index is 0.223. The van der Waals surface area contributed by atoms with Crippen LogP contribution >= 0.6 is 0 Å². The van der Waals surface area contributed by atoms with Crippen molar-refractivity contribution in [1.29, 1.82) is 0 Å². The molecule has 4 nitrogen and oxygen atoms in total. The van der Waals surface area contributed by atoms with Crippen LogP contribution in [0.25, 0.3) is 0 Å². The molecule has 0 radical (unpaired) electrons. The second kappa shape index (κ2) is 6.74. The van der Waals surface area contributed by atoms with Crippen molar-refractivity contribution in [1.82, 2.24) is 0 Å². The molecule has 8 saturated carbocycles. The number of hydrogen-bond acceptors (Lipinski definition) is 2. The van der Waals surface area contributed by atoms with Crippen LogP contribution in [0.2, 0.25) is 0 Å². The van der Waals surface area contributed by atoms with E-state index in [4.69, 9.17) is 10.2 Å². The van der Waals surface area contributed by atoms with E-state index in [0.29, 0.717) is 12.8 Å². The van der Waals surface area contributed by atoms with E-state index in [2.05, 4.69) is 0 Å². The fourth-order valence-corrected chi connectivity index (χ4v) is 9.65. The van der Waals surface area contributed by atoms with Gasteiger partial charge in [-0.3, -0.25) is 9.59 Å². The van der Waals surface area contributed by atoms with Crippen molar-refractivity contribution in [3.63, 3.8) is 0 Å². The first-order chi connectivity index (χ1) is 13.3. The summed E-state index contributed by atoms with van der Waals surface area (Å²) in [6.07, 6.45) is 16.6. The summed E-state index contributed by atoms with van der Waals surface area (Å²) in [7, 11) is 0. The van der Waals surface area contributed by atoms with E-state index in [1.165, 1.54) is 77.0 Å². The third-order valence-electron chi connectivity index (χ3n) is 9.38. The molecule has 0 saturated heterocycles. The Morgan fingerprint density at radius 2 is 0.750 bits per heavy atom. The predicted molar refractivity (Wildman–Crippen MR) is 106 cm³/mol. The Balaban J connectivity index is 0.000000122. The monoisotopic (exact) mass is 388 g/mol. The topological polar surface area (TPSA) is 74.6 Å². The third-order valence-corrected chi connectivity index (χ3v) is 9.38. The number of hydrogen-bond donors (Lipinski definition) is 2. The average molecular weight is 389 g/mol. The Hall–Kier alpha value is -1.06. The average Bonchev–Trinajstić information content (AvgIpc) is 2.49. The Morgan fingerprint density at radius 3 is 0.929 bits per heavy atom. The second-order valence-electron chi connectivity index (χ2n) is 12.0. The largest absolute Gasteiger partial charge is 0.481 e. The van der Waals surface area contributed by atoms with E-state index >= 15 is 0 Å². The summed E-state index contributed by atoms with van der Waals surface area (Å²) in [6.45, 7) is 0. The molecule has 4 heteroatoms. The highest BCUT2D eigenvalue weighted by Gasteiger charge is 2.52. The SMILES string of the molecule is O=C(O)CC12CC3CC(CC(C3)C1)C2.O=C(O)CC12CC3CC(CC(C3)C1)C2. The zero-order valence-electron chi connectivity index (χ0n) is 17.1. The van der Waals surface area contributed by atoms with Gasteiger partial charge in [0.05, 0.1) is 12.8 Å². The quantitative estimate of drug-likeness (QED) is 0.680. The Labute approximate surface area is 168 Å². The predicted octanol–water partition coefficient (Wildman–Crippen LogP) is 5.36. The number of rotatable bonds is 4. The van der Waals surface area contributed by atoms with E-state index in [9.17, 15) is 9.59 Å². The molecule has 8 bridgehead atoms. The lowest BCUT2D eigenvalue weighted by atomic mass is 9.49. The van der Waals surface area contributed by atoms with Gasteiger partial charge in [0.2, 0.25) is 0 Å². The Bertz CT molecular complexity index is 524. The third kappa shape index (κ3) is 3.61. The van der Waals surface area contributed by atoms with Crippen molar-refractivity contribution in [3.05, 3.63) is 0 Å². The van der Waals surface area contributed by atoms with Crippen molar-refractivity contribution in [2.75, 3.05) is 0 Å². The van der Waals surface area contributed by atoms with E-state index < -0.39 is 11.9 Å². The molecule has 0 spiro atoms. The molecule has 0 aliphatic heterocycles. The van der Waals surface area contributed by atoms with E-state index in [1.54, 1.807) is 0 Å². The molecular weight excluding hydrogens is 352 g/mol. The number of carbonyl (C=O) groups is 2. The molecule has 156 valence electrons. The summed E-state index contributed by atoms with van der Waals surface area (Å²) in [6, 6.07) is 0.